The van der Waals surface area contributed by atoms with Crippen LogP contribution in [0, 0.1) is 12.8 Å². The van der Waals surface area contributed by atoms with E-state index in [2.05, 4.69) is 4.98 Å². The molecule has 0 atom stereocenters. The van der Waals surface area contributed by atoms with Gasteiger partial charge >= 0.3 is 11.9 Å². The third kappa shape index (κ3) is 4.53. The van der Waals surface area contributed by atoms with Gasteiger partial charge in [0.2, 0.25) is 0 Å². The van der Waals surface area contributed by atoms with Gasteiger partial charge < -0.3 is 10.2 Å². The number of carboxylic acid groups (broad SMARTS) is 2. The number of aromatic carboxylic acids is 1. The Balaban J connectivity index is 0.000000184. The molecule has 2 rings (SSSR count). The van der Waals surface area contributed by atoms with E-state index in [9.17, 15) is 9.59 Å². The Bertz CT molecular complexity index is 408. The monoisotopic (exact) mass is 251 g/mol. The minimum atomic E-state index is -0.937. The Labute approximate surface area is 105 Å². The third-order valence-electron chi connectivity index (χ3n) is 2.86. The quantitative estimate of drug-likeness (QED) is 0.842. The highest BCUT2D eigenvalue weighted by atomic mass is 16.4. The molecule has 1 aliphatic carbocycles. The zero-order chi connectivity index (χ0) is 13.5. The van der Waals surface area contributed by atoms with Crippen molar-refractivity contribution in [2.45, 2.75) is 32.6 Å². The number of aromatic nitrogens is 1. The average molecular weight is 251 g/mol. The number of nitrogens with zero attached hydrogens (tertiary/aromatic N) is 1. The lowest BCUT2D eigenvalue weighted by Crippen LogP contribution is -2.07. The SMILES string of the molecule is Cc1ccc(C(=O)O)cn1.O=C(O)C1CCCC1. The maximum atomic E-state index is 10.3. The van der Waals surface area contributed by atoms with E-state index in [1.807, 2.05) is 6.92 Å². The van der Waals surface area contributed by atoms with Crippen LogP contribution in [0.4, 0.5) is 0 Å². The molecule has 5 heteroatoms. The summed E-state index contributed by atoms with van der Waals surface area (Å²) in [5.41, 5.74) is 1.05. The normalized spacial score (nSPS) is 14.7. The molecule has 0 radical (unpaired) electrons. The van der Waals surface area contributed by atoms with Gasteiger partial charge in [0, 0.05) is 11.9 Å². The number of aryl methyl sites for hydroxylation is 1. The van der Waals surface area contributed by atoms with Crippen LogP contribution in [0.25, 0.3) is 0 Å². The molecule has 0 unspecified atom stereocenters. The van der Waals surface area contributed by atoms with Gasteiger partial charge in [0.05, 0.1) is 11.5 Å². The van der Waals surface area contributed by atoms with Crippen molar-refractivity contribution < 1.29 is 19.8 Å². The van der Waals surface area contributed by atoms with Crippen molar-refractivity contribution in [2.24, 2.45) is 5.92 Å². The summed E-state index contributed by atoms with van der Waals surface area (Å²) < 4.78 is 0. The molecule has 98 valence electrons. The largest absolute Gasteiger partial charge is 0.481 e. The number of aliphatic carboxylic acids is 1. The van der Waals surface area contributed by atoms with Crippen LogP contribution in [-0.2, 0) is 4.79 Å². The van der Waals surface area contributed by atoms with Crippen LogP contribution in [-0.4, -0.2) is 27.1 Å². The van der Waals surface area contributed by atoms with Gasteiger partial charge in [-0.15, -0.1) is 0 Å². The summed E-state index contributed by atoms with van der Waals surface area (Å²) in [6, 6.07) is 3.20. The van der Waals surface area contributed by atoms with Gasteiger partial charge in [0.25, 0.3) is 0 Å². The molecule has 0 spiro atoms. The summed E-state index contributed by atoms with van der Waals surface area (Å²) in [6.07, 6.45) is 5.36. The molecular weight excluding hydrogens is 234 g/mol. The Morgan fingerprint density at radius 2 is 1.83 bits per heavy atom. The number of rotatable bonds is 2. The first-order valence-electron chi connectivity index (χ1n) is 5.89. The lowest BCUT2D eigenvalue weighted by atomic mass is 10.1. The number of pyridine rings is 1. The van der Waals surface area contributed by atoms with E-state index >= 15 is 0 Å². The van der Waals surface area contributed by atoms with Gasteiger partial charge in [-0.25, -0.2) is 4.79 Å². The molecule has 1 aliphatic rings. The zero-order valence-electron chi connectivity index (χ0n) is 10.3. The smallest absolute Gasteiger partial charge is 0.337 e. The molecule has 0 bridgehead atoms. The summed E-state index contributed by atoms with van der Waals surface area (Å²) in [4.78, 5) is 24.3. The van der Waals surface area contributed by atoms with Crippen LogP contribution in [0.5, 0.6) is 0 Å². The highest BCUT2D eigenvalue weighted by molar-refractivity contribution is 5.87. The third-order valence-corrected chi connectivity index (χ3v) is 2.86. The topological polar surface area (TPSA) is 87.5 Å². The molecule has 1 heterocycles. The first kappa shape index (κ1) is 14.2. The van der Waals surface area contributed by atoms with E-state index in [-0.39, 0.29) is 11.5 Å². The lowest BCUT2D eigenvalue weighted by molar-refractivity contribution is -0.141. The van der Waals surface area contributed by atoms with E-state index in [0.29, 0.717) is 0 Å². The second-order valence-electron chi connectivity index (χ2n) is 4.31. The van der Waals surface area contributed by atoms with Crippen LogP contribution in [0.3, 0.4) is 0 Å². The number of hydrogen-bond acceptors (Lipinski definition) is 3. The van der Waals surface area contributed by atoms with Crippen molar-refractivity contribution in [2.75, 3.05) is 0 Å². The summed E-state index contributed by atoms with van der Waals surface area (Å²) in [5.74, 6) is -1.56. The zero-order valence-corrected chi connectivity index (χ0v) is 10.3. The molecule has 1 fully saturated rings. The minimum Gasteiger partial charge on any atom is -0.481 e. The Morgan fingerprint density at radius 1 is 1.22 bits per heavy atom. The minimum absolute atomic E-state index is 0.0185. The predicted molar refractivity (Wildman–Crippen MR) is 65.5 cm³/mol. The molecule has 0 aliphatic heterocycles. The number of carboxylic acids is 2. The van der Waals surface area contributed by atoms with Crippen molar-refractivity contribution >= 4 is 11.9 Å². The molecule has 0 amide bonds. The second-order valence-corrected chi connectivity index (χ2v) is 4.31. The highest BCUT2D eigenvalue weighted by Crippen LogP contribution is 2.24. The van der Waals surface area contributed by atoms with Gasteiger partial charge in [-0.3, -0.25) is 9.78 Å². The standard InChI is InChI=1S/C7H7NO2.C6H10O2/c1-5-2-3-6(4-8-5)7(9)10;7-6(8)5-3-1-2-4-5/h2-4H,1H3,(H,9,10);5H,1-4H2,(H,7,8). The fourth-order valence-electron chi connectivity index (χ4n) is 1.77. The van der Waals surface area contributed by atoms with Gasteiger partial charge in [0.15, 0.2) is 0 Å². The predicted octanol–water partition coefficient (Wildman–Crippen LogP) is 2.35. The summed E-state index contributed by atoms with van der Waals surface area (Å²) in [7, 11) is 0. The van der Waals surface area contributed by atoms with Crippen molar-refractivity contribution in [3.8, 4) is 0 Å². The van der Waals surface area contributed by atoms with E-state index in [1.165, 1.54) is 12.3 Å². The van der Waals surface area contributed by atoms with Crippen molar-refractivity contribution in [1.29, 1.82) is 0 Å². The summed E-state index contributed by atoms with van der Waals surface area (Å²) in [5, 5.41) is 16.8. The Hall–Kier alpha value is -1.91. The first-order valence-corrected chi connectivity index (χ1v) is 5.89. The fourth-order valence-corrected chi connectivity index (χ4v) is 1.77. The van der Waals surface area contributed by atoms with E-state index in [1.54, 1.807) is 6.07 Å². The lowest BCUT2D eigenvalue weighted by Gasteiger charge is -1.97. The highest BCUT2D eigenvalue weighted by Gasteiger charge is 2.21. The molecule has 1 saturated carbocycles. The van der Waals surface area contributed by atoms with Gasteiger partial charge in [0.1, 0.15) is 0 Å². The Morgan fingerprint density at radius 3 is 2.17 bits per heavy atom. The number of hydrogen-bond donors (Lipinski definition) is 2. The van der Waals surface area contributed by atoms with Gasteiger partial charge in [-0.2, -0.15) is 0 Å². The molecule has 1 aromatic heterocycles. The Kier molecular flexibility index (Phi) is 5.30. The molecule has 0 aromatic carbocycles. The van der Waals surface area contributed by atoms with Crippen molar-refractivity contribution in [1.82, 2.24) is 4.98 Å². The van der Waals surface area contributed by atoms with Crippen LogP contribution in [0.2, 0.25) is 0 Å². The van der Waals surface area contributed by atoms with Gasteiger partial charge in [-0.1, -0.05) is 12.8 Å². The van der Waals surface area contributed by atoms with Crippen LogP contribution < -0.4 is 0 Å². The number of carbonyl (C=O) groups is 2. The fraction of sp³-hybridized carbons (Fsp3) is 0.462. The average Bonchev–Trinajstić information content (AvgIpc) is 2.84. The molecule has 2 N–H and O–H groups in total. The molecular formula is C13H17NO4. The second kappa shape index (κ2) is 6.74. The summed E-state index contributed by atoms with van der Waals surface area (Å²) in [6.45, 7) is 1.81. The maximum Gasteiger partial charge on any atom is 0.337 e. The molecule has 5 nitrogen and oxygen atoms in total. The van der Waals surface area contributed by atoms with Crippen molar-refractivity contribution in [3.63, 3.8) is 0 Å². The summed E-state index contributed by atoms with van der Waals surface area (Å²) >= 11 is 0. The van der Waals surface area contributed by atoms with Crippen molar-refractivity contribution in [3.05, 3.63) is 29.6 Å². The first-order chi connectivity index (χ1) is 8.50. The molecule has 0 saturated heterocycles. The van der Waals surface area contributed by atoms with Crippen LogP contribution in [0.1, 0.15) is 41.7 Å². The maximum absolute atomic E-state index is 10.3. The van der Waals surface area contributed by atoms with Crippen LogP contribution >= 0.6 is 0 Å². The molecule has 18 heavy (non-hydrogen) atoms. The van der Waals surface area contributed by atoms with E-state index < -0.39 is 11.9 Å². The van der Waals surface area contributed by atoms with E-state index in [0.717, 1.165) is 31.4 Å². The van der Waals surface area contributed by atoms with E-state index in [4.69, 9.17) is 10.2 Å². The van der Waals surface area contributed by atoms with Gasteiger partial charge in [-0.05, 0) is 31.9 Å². The molecule has 1 aromatic rings. The van der Waals surface area contributed by atoms with Crippen LogP contribution in [0.15, 0.2) is 18.3 Å².